The Labute approximate surface area is 126 Å². The summed E-state index contributed by atoms with van der Waals surface area (Å²) in [7, 11) is 0. The van der Waals surface area contributed by atoms with Crippen LogP contribution in [-0.2, 0) is 6.54 Å². The van der Waals surface area contributed by atoms with Crippen molar-refractivity contribution < 1.29 is 9.21 Å². The van der Waals surface area contributed by atoms with Crippen molar-refractivity contribution in [2.24, 2.45) is 5.73 Å². The van der Waals surface area contributed by atoms with Crippen LogP contribution in [-0.4, -0.2) is 5.91 Å². The lowest BCUT2D eigenvalue weighted by molar-refractivity contribution is 0.0995. The Kier molecular flexibility index (Phi) is 3.85. The number of carbonyl (C=O) groups is 1. The average Bonchev–Trinajstić information content (AvgIpc) is 3.19. The monoisotopic (exact) mass is 298 g/mol. The summed E-state index contributed by atoms with van der Waals surface area (Å²) in [4.78, 5) is 13.3. The van der Waals surface area contributed by atoms with E-state index < -0.39 is 0 Å². The van der Waals surface area contributed by atoms with Gasteiger partial charge in [-0.2, -0.15) is 0 Å². The number of rotatable bonds is 4. The third kappa shape index (κ3) is 2.89. The molecule has 2 aromatic heterocycles. The summed E-state index contributed by atoms with van der Waals surface area (Å²) < 4.78 is 5.36. The first-order valence-corrected chi connectivity index (χ1v) is 7.39. The van der Waals surface area contributed by atoms with Crippen molar-refractivity contribution in [2.45, 2.75) is 6.54 Å². The second-order valence-corrected chi connectivity index (χ2v) is 5.39. The summed E-state index contributed by atoms with van der Waals surface area (Å²) in [5.74, 6) is 0.571. The predicted molar refractivity (Wildman–Crippen MR) is 84.3 cm³/mol. The maximum atomic E-state index is 12.2. The topological polar surface area (TPSA) is 68.3 Å². The molecule has 3 rings (SSSR count). The quantitative estimate of drug-likeness (QED) is 0.771. The summed E-state index contributed by atoms with van der Waals surface area (Å²) >= 11 is 1.63. The molecule has 4 nitrogen and oxygen atoms in total. The van der Waals surface area contributed by atoms with Crippen LogP contribution in [0.25, 0.3) is 10.4 Å². The molecular formula is C16H14N2O2S. The minimum absolute atomic E-state index is 0.261. The van der Waals surface area contributed by atoms with Crippen LogP contribution in [0.2, 0.25) is 0 Å². The number of nitrogens with two attached hydrogens (primary N) is 1. The van der Waals surface area contributed by atoms with Gasteiger partial charge in [-0.15, -0.1) is 11.3 Å². The van der Waals surface area contributed by atoms with E-state index in [0.29, 0.717) is 5.76 Å². The van der Waals surface area contributed by atoms with E-state index in [1.165, 1.54) is 0 Å². The Hall–Kier alpha value is -2.37. The molecule has 106 valence electrons. The number of para-hydroxylation sites is 1. The third-order valence-electron chi connectivity index (χ3n) is 3.05. The van der Waals surface area contributed by atoms with Gasteiger partial charge in [0.1, 0.15) is 5.76 Å². The van der Waals surface area contributed by atoms with Crippen molar-refractivity contribution in [3.8, 4) is 10.4 Å². The van der Waals surface area contributed by atoms with Gasteiger partial charge in [0.15, 0.2) is 5.76 Å². The van der Waals surface area contributed by atoms with Gasteiger partial charge in [-0.05, 0) is 29.6 Å². The normalized spacial score (nSPS) is 10.5. The van der Waals surface area contributed by atoms with E-state index in [-0.39, 0.29) is 18.2 Å². The fourth-order valence-corrected chi connectivity index (χ4v) is 2.80. The fraction of sp³-hybridized carbons (Fsp3) is 0.0625. The lowest BCUT2D eigenvalue weighted by Gasteiger charge is -2.08. The van der Waals surface area contributed by atoms with Crippen molar-refractivity contribution in [2.75, 3.05) is 5.32 Å². The standard InChI is InChI=1S/C16H14N2O2S/c17-10-11-7-8-14(20-11)16(19)18-13-5-2-1-4-12(13)15-6-3-9-21-15/h1-9H,10,17H2,(H,18,19). The Morgan fingerprint density at radius 3 is 2.71 bits per heavy atom. The Morgan fingerprint density at radius 1 is 1.14 bits per heavy atom. The number of furan rings is 1. The van der Waals surface area contributed by atoms with Gasteiger partial charge >= 0.3 is 0 Å². The molecule has 2 heterocycles. The van der Waals surface area contributed by atoms with Crippen molar-refractivity contribution in [3.63, 3.8) is 0 Å². The summed E-state index contributed by atoms with van der Waals surface area (Å²) in [6.45, 7) is 0.277. The Morgan fingerprint density at radius 2 is 2.00 bits per heavy atom. The van der Waals surface area contributed by atoms with Crippen molar-refractivity contribution in [1.29, 1.82) is 0 Å². The van der Waals surface area contributed by atoms with Crippen LogP contribution < -0.4 is 11.1 Å². The summed E-state index contributed by atoms with van der Waals surface area (Å²) in [6.07, 6.45) is 0. The molecular weight excluding hydrogens is 284 g/mol. The molecule has 0 aliphatic carbocycles. The van der Waals surface area contributed by atoms with E-state index in [2.05, 4.69) is 5.32 Å². The number of hydrogen-bond donors (Lipinski definition) is 2. The number of thiophene rings is 1. The molecule has 3 N–H and O–H groups in total. The summed E-state index contributed by atoms with van der Waals surface area (Å²) in [5.41, 5.74) is 7.23. The zero-order chi connectivity index (χ0) is 14.7. The van der Waals surface area contributed by atoms with Gasteiger partial charge in [0, 0.05) is 16.1 Å². The first-order chi connectivity index (χ1) is 10.3. The molecule has 0 saturated heterocycles. The number of carbonyl (C=O) groups excluding carboxylic acids is 1. The number of nitrogens with one attached hydrogen (secondary N) is 1. The summed E-state index contributed by atoms with van der Waals surface area (Å²) in [6, 6.07) is 15.0. The van der Waals surface area contributed by atoms with Crippen LogP contribution in [0.5, 0.6) is 0 Å². The van der Waals surface area contributed by atoms with Crippen molar-refractivity contribution in [1.82, 2.24) is 0 Å². The van der Waals surface area contributed by atoms with Gasteiger partial charge in [0.25, 0.3) is 5.91 Å². The van der Waals surface area contributed by atoms with Gasteiger partial charge < -0.3 is 15.5 Å². The Bertz CT molecular complexity index is 747. The van der Waals surface area contributed by atoms with Crippen LogP contribution >= 0.6 is 11.3 Å². The molecule has 1 aromatic carbocycles. The van der Waals surface area contributed by atoms with Crippen molar-refractivity contribution in [3.05, 3.63) is 65.4 Å². The smallest absolute Gasteiger partial charge is 0.291 e. The molecule has 0 aliphatic heterocycles. The van der Waals surface area contributed by atoms with E-state index in [1.807, 2.05) is 41.8 Å². The van der Waals surface area contributed by atoms with Crippen molar-refractivity contribution >= 4 is 22.9 Å². The maximum Gasteiger partial charge on any atom is 0.291 e. The zero-order valence-corrected chi connectivity index (χ0v) is 12.0. The molecule has 21 heavy (non-hydrogen) atoms. The first kappa shape index (κ1) is 13.6. The highest BCUT2D eigenvalue weighted by Gasteiger charge is 2.13. The molecule has 0 unspecified atom stereocenters. The molecule has 0 saturated carbocycles. The molecule has 5 heteroatoms. The molecule has 0 bridgehead atoms. The number of benzene rings is 1. The summed E-state index contributed by atoms with van der Waals surface area (Å²) in [5, 5.41) is 4.89. The molecule has 0 fully saturated rings. The SMILES string of the molecule is NCc1ccc(C(=O)Nc2ccccc2-c2cccs2)o1. The fourth-order valence-electron chi connectivity index (χ4n) is 2.03. The lowest BCUT2D eigenvalue weighted by Crippen LogP contribution is -2.11. The van der Waals surface area contributed by atoms with Gasteiger partial charge in [-0.25, -0.2) is 0 Å². The molecule has 0 aliphatic rings. The highest BCUT2D eigenvalue weighted by molar-refractivity contribution is 7.13. The number of amides is 1. The van der Waals surface area contributed by atoms with Gasteiger partial charge in [-0.1, -0.05) is 24.3 Å². The molecule has 3 aromatic rings. The minimum Gasteiger partial charge on any atom is -0.455 e. The second-order valence-electron chi connectivity index (χ2n) is 4.45. The molecule has 1 amide bonds. The van der Waals surface area contributed by atoms with E-state index in [9.17, 15) is 4.79 Å². The predicted octanol–water partition coefficient (Wildman–Crippen LogP) is 3.72. The highest BCUT2D eigenvalue weighted by Crippen LogP contribution is 2.31. The number of hydrogen-bond acceptors (Lipinski definition) is 4. The second kappa shape index (κ2) is 5.95. The van der Waals surface area contributed by atoms with E-state index in [1.54, 1.807) is 23.5 Å². The third-order valence-corrected chi connectivity index (χ3v) is 3.95. The van der Waals surface area contributed by atoms with Crippen LogP contribution in [0.1, 0.15) is 16.3 Å². The van der Waals surface area contributed by atoms with E-state index >= 15 is 0 Å². The first-order valence-electron chi connectivity index (χ1n) is 6.51. The highest BCUT2D eigenvalue weighted by atomic mass is 32.1. The van der Waals surface area contributed by atoms with E-state index in [4.69, 9.17) is 10.2 Å². The van der Waals surface area contributed by atoms with Crippen LogP contribution in [0, 0.1) is 0 Å². The largest absolute Gasteiger partial charge is 0.455 e. The average molecular weight is 298 g/mol. The lowest BCUT2D eigenvalue weighted by atomic mass is 10.1. The van der Waals surface area contributed by atoms with Crippen LogP contribution in [0.4, 0.5) is 5.69 Å². The number of anilines is 1. The van der Waals surface area contributed by atoms with Crippen LogP contribution in [0.3, 0.4) is 0 Å². The van der Waals surface area contributed by atoms with E-state index in [0.717, 1.165) is 16.1 Å². The zero-order valence-electron chi connectivity index (χ0n) is 11.2. The van der Waals surface area contributed by atoms with Gasteiger partial charge in [0.05, 0.1) is 6.54 Å². The Balaban J connectivity index is 1.86. The van der Waals surface area contributed by atoms with Crippen LogP contribution in [0.15, 0.2) is 58.3 Å². The molecule has 0 atom stereocenters. The van der Waals surface area contributed by atoms with Gasteiger partial charge in [-0.3, -0.25) is 4.79 Å². The molecule has 0 spiro atoms. The van der Waals surface area contributed by atoms with Gasteiger partial charge in [0.2, 0.25) is 0 Å². The molecule has 0 radical (unpaired) electrons. The maximum absolute atomic E-state index is 12.2. The minimum atomic E-state index is -0.279.